The minimum Gasteiger partial charge on any atom is -0.382 e. The second-order valence-corrected chi connectivity index (χ2v) is 5.27. The molecule has 1 heterocycles. The third kappa shape index (κ3) is 4.78. The lowest BCUT2D eigenvalue weighted by Gasteiger charge is -2.36. The Balaban J connectivity index is 1.66. The van der Waals surface area contributed by atoms with Crippen LogP contribution in [0.1, 0.15) is 5.56 Å². The van der Waals surface area contributed by atoms with Crippen LogP contribution in [0.2, 0.25) is 0 Å². The monoisotopic (exact) mass is 278 g/mol. The molecular weight excluding hydrogens is 252 g/mol. The number of ether oxygens (including phenoxy) is 2. The van der Waals surface area contributed by atoms with Crippen LogP contribution in [0.5, 0.6) is 0 Å². The van der Waals surface area contributed by atoms with Crippen LogP contribution in [-0.2, 0) is 9.47 Å². The Morgan fingerprint density at radius 2 is 1.65 bits per heavy atom. The molecular formula is C16H26N2O2. The summed E-state index contributed by atoms with van der Waals surface area (Å²) in [6, 6.07) is 8.81. The van der Waals surface area contributed by atoms with Crippen LogP contribution < -0.4 is 4.90 Å². The maximum absolute atomic E-state index is 5.52. The number of aryl methyl sites for hydroxylation is 1. The van der Waals surface area contributed by atoms with Crippen molar-refractivity contribution in [2.45, 2.75) is 6.92 Å². The zero-order valence-corrected chi connectivity index (χ0v) is 12.7. The standard InChI is InChI=1S/C16H26N2O2/c1-15-3-5-16(6-4-15)18-9-7-17(8-10-18)11-12-20-14-13-19-2/h3-6H,7-14H2,1-2H3. The Morgan fingerprint density at radius 3 is 2.30 bits per heavy atom. The normalized spacial score (nSPS) is 16.6. The van der Waals surface area contributed by atoms with Gasteiger partial charge in [-0.25, -0.2) is 0 Å². The summed E-state index contributed by atoms with van der Waals surface area (Å²) in [5.41, 5.74) is 2.66. The Morgan fingerprint density at radius 1 is 0.950 bits per heavy atom. The Kier molecular flexibility index (Phi) is 6.30. The molecule has 1 aromatic carbocycles. The summed E-state index contributed by atoms with van der Waals surface area (Å²) in [4.78, 5) is 4.93. The molecule has 0 radical (unpaired) electrons. The molecule has 0 atom stereocenters. The van der Waals surface area contributed by atoms with Crippen molar-refractivity contribution in [3.05, 3.63) is 29.8 Å². The van der Waals surface area contributed by atoms with E-state index in [-0.39, 0.29) is 0 Å². The molecule has 0 aliphatic carbocycles. The topological polar surface area (TPSA) is 24.9 Å². The average Bonchev–Trinajstić information content (AvgIpc) is 2.49. The van der Waals surface area contributed by atoms with Crippen LogP contribution in [0.3, 0.4) is 0 Å². The van der Waals surface area contributed by atoms with Crippen LogP contribution >= 0.6 is 0 Å². The molecule has 0 amide bonds. The highest BCUT2D eigenvalue weighted by Gasteiger charge is 2.16. The number of anilines is 1. The molecule has 0 aromatic heterocycles. The zero-order chi connectivity index (χ0) is 14.2. The van der Waals surface area contributed by atoms with Gasteiger partial charge in [0.05, 0.1) is 19.8 Å². The molecule has 0 saturated carbocycles. The Hall–Kier alpha value is -1.10. The lowest BCUT2D eigenvalue weighted by atomic mass is 10.2. The van der Waals surface area contributed by atoms with Crippen molar-refractivity contribution in [3.8, 4) is 0 Å². The fraction of sp³-hybridized carbons (Fsp3) is 0.625. The number of methoxy groups -OCH3 is 1. The highest BCUT2D eigenvalue weighted by molar-refractivity contribution is 5.47. The smallest absolute Gasteiger partial charge is 0.0700 e. The molecule has 1 saturated heterocycles. The van der Waals surface area contributed by atoms with Crippen LogP contribution in [0.25, 0.3) is 0 Å². The van der Waals surface area contributed by atoms with Gasteiger partial charge in [0.2, 0.25) is 0 Å². The summed E-state index contributed by atoms with van der Waals surface area (Å²) in [6.07, 6.45) is 0. The van der Waals surface area contributed by atoms with Crippen molar-refractivity contribution in [1.29, 1.82) is 0 Å². The van der Waals surface area contributed by atoms with Gasteiger partial charge in [-0.1, -0.05) is 17.7 Å². The van der Waals surface area contributed by atoms with Gasteiger partial charge in [-0.3, -0.25) is 4.90 Å². The molecule has 20 heavy (non-hydrogen) atoms. The molecule has 0 bridgehead atoms. The van der Waals surface area contributed by atoms with E-state index in [0.717, 1.165) is 39.3 Å². The van der Waals surface area contributed by atoms with Crippen LogP contribution in [0.15, 0.2) is 24.3 Å². The van der Waals surface area contributed by atoms with E-state index in [0.29, 0.717) is 13.2 Å². The highest BCUT2D eigenvalue weighted by Crippen LogP contribution is 2.16. The molecule has 0 spiro atoms. The van der Waals surface area contributed by atoms with Crippen LogP contribution in [0.4, 0.5) is 5.69 Å². The van der Waals surface area contributed by atoms with E-state index in [4.69, 9.17) is 9.47 Å². The third-order valence-corrected chi connectivity index (χ3v) is 3.76. The van der Waals surface area contributed by atoms with Gasteiger partial charge in [0.1, 0.15) is 0 Å². The van der Waals surface area contributed by atoms with Gasteiger partial charge in [0, 0.05) is 45.5 Å². The van der Waals surface area contributed by atoms with Crippen LogP contribution in [0, 0.1) is 6.92 Å². The average molecular weight is 278 g/mol. The molecule has 1 aliphatic heterocycles. The van der Waals surface area contributed by atoms with E-state index in [9.17, 15) is 0 Å². The van der Waals surface area contributed by atoms with Gasteiger partial charge in [-0.2, -0.15) is 0 Å². The summed E-state index contributed by atoms with van der Waals surface area (Å²) < 4.78 is 10.5. The zero-order valence-electron chi connectivity index (χ0n) is 12.7. The van der Waals surface area contributed by atoms with Gasteiger partial charge in [-0.15, -0.1) is 0 Å². The van der Waals surface area contributed by atoms with Gasteiger partial charge < -0.3 is 14.4 Å². The van der Waals surface area contributed by atoms with E-state index >= 15 is 0 Å². The number of hydrogen-bond donors (Lipinski definition) is 0. The van der Waals surface area contributed by atoms with Gasteiger partial charge >= 0.3 is 0 Å². The summed E-state index contributed by atoms with van der Waals surface area (Å²) in [7, 11) is 1.70. The molecule has 0 unspecified atom stereocenters. The molecule has 4 heteroatoms. The van der Waals surface area contributed by atoms with E-state index in [1.165, 1.54) is 11.3 Å². The predicted molar refractivity (Wildman–Crippen MR) is 82.5 cm³/mol. The second kappa shape index (κ2) is 8.25. The third-order valence-electron chi connectivity index (χ3n) is 3.76. The molecule has 2 rings (SSSR count). The summed E-state index contributed by atoms with van der Waals surface area (Å²) in [5, 5.41) is 0. The van der Waals surface area contributed by atoms with E-state index in [1.54, 1.807) is 7.11 Å². The van der Waals surface area contributed by atoms with Crippen molar-refractivity contribution >= 4 is 5.69 Å². The number of nitrogens with zero attached hydrogens (tertiary/aromatic N) is 2. The molecule has 1 aliphatic rings. The number of benzene rings is 1. The Bertz CT molecular complexity index is 373. The highest BCUT2D eigenvalue weighted by atomic mass is 16.5. The number of piperazine rings is 1. The molecule has 0 N–H and O–H groups in total. The fourth-order valence-electron chi connectivity index (χ4n) is 2.42. The molecule has 112 valence electrons. The summed E-state index contributed by atoms with van der Waals surface area (Å²) >= 11 is 0. The quantitative estimate of drug-likeness (QED) is 0.710. The molecule has 1 aromatic rings. The first-order chi connectivity index (χ1) is 9.79. The minimum atomic E-state index is 0.682. The number of hydrogen-bond acceptors (Lipinski definition) is 4. The number of rotatable bonds is 7. The Labute approximate surface area is 122 Å². The summed E-state index contributed by atoms with van der Waals surface area (Å²) in [6.45, 7) is 9.75. The SMILES string of the molecule is COCCOCCN1CCN(c2ccc(C)cc2)CC1. The van der Waals surface area contributed by atoms with E-state index in [1.807, 2.05) is 0 Å². The van der Waals surface area contributed by atoms with Crippen molar-refractivity contribution < 1.29 is 9.47 Å². The lowest BCUT2D eigenvalue weighted by Crippen LogP contribution is -2.47. The largest absolute Gasteiger partial charge is 0.382 e. The maximum atomic E-state index is 5.52. The van der Waals surface area contributed by atoms with Crippen molar-refractivity contribution in [1.82, 2.24) is 4.90 Å². The lowest BCUT2D eigenvalue weighted by molar-refractivity contribution is 0.0563. The van der Waals surface area contributed by atoms with Gasteiger partial charge in [0.25, 0.3) is 0 Å². The first-order valence-corrected chi connectivity index (χ1v) is 7.40. The van der Waals surface area contributed by atoms with Crippen molar-refractivity contribution in [2.75, 3.05) is 64.6 Å². The minimum absolute atomic E-state index is 0.682. The summed E-state index contributed by atoms with van der Waals surface area (Å²) in [5.74, 6) is 0. The van der Waals surface area contributed by atoms with Crippen molar-refractivity contribution in [2.24, 2.45) is 0 Å². The van der Waals surface area contributed by atoms with E-state index in [2.05, 4.69) is 41.0 Å². The molecule has 4 nitrogen and oxygen atoms in total. The van der Waals surface area contributed by atoms with E-state index < -0.39 is 0 Å². The predicted octanol–water partition coefficient (Wildman–Crippen LogP) is 1.78. The second-order valence-electron chi connectivity index (χ2n) is 5.27. The first kappa shape index (κ1) is 15.3. The maximum Gasteiger partial charge on any atom is 0.0700 e. The fourth-order valence-corrected chi connectivity index (χ4v) is 2.42. The van der Waals surface area contributed by atoms with Gasteiger partial charge in [-0.05, 0) is 19.1 Å². The van der Waals surface area contributed by atoms with Crippen molar-refractivity contribution in [3.63, 3.8) is 0 Å². The van der Waals surface area contributed by atoms with Gasteiger partial charge in [0.15, 0.2) is 0 Å². The molecule has 1 fully saturated rings. The van der Waals surface area contributed by atoms with Crippen LogP contribution in [-0.4, -0.2) is 64.6 Å². The first-order valence-electron chi connectivity index (χ1n) is 7.40.